The van der Waals surface area contributed by atoms with Crippen molar-refractivity contribution in [2.45, 2.75) is 13.3 Å². The maximum Gasteiger partial charge on any atom is 0.328 e. The van der Waals surface area contributed by atoms with E-state index < -0.39 is 5.97 Å². The maximum absolute atomic E-state index is 10.8. The highest BCUT2D eigenvalue weighted by molar-refractivity contribution is 9.10. The van der Waals surface area contributed by atoms with Crippen molar-refractivity contribution in [2.75, 3.05) is 38.6 Å². The number of likely N-dealkylation sites (N-methyl/N-ethyl adjacent to an activating group) is 1. The number of rotatable bonds is 8. The summed E-state index contributed by atoms with van der Waals surface area (Å²) >= 11 is 3.45. The average molecular weight is 355 g/mol. The van der Waals surface area contributed by atoms with E-state index in [1.54, 1.807) is 6.08 Å². The molecule has 0 fully saturated rings. The average Bonchev–Trinajstić information content (AvgIpc) is 2.41. The molecule has 0 saturated carbocycles. The Bertz CT molecular complexity index is 501. The topological polar surface area (TPSA) is 43.8 Å². The monoisotopic (exact) mass is 354 g/mol. The van der Waals surface area contributed by atoms with Crippen molar-refractivity contribution in [3.05, 3.63) is 34.3 Å². The molecule has 4 nitrogen and oxygen atoms in total. The van der Waals surface area contributed by atoms with E-state index in [9.17, 15) is 4.79 Å². The summed E-state index contributed by atoms with van der Waals surface area (Å²) in [4.78, 5) is 15.2. The van der Waals surface area contributed by atoms with Crippen molar-refractivity contribution in [3.63, 3.8) is 0 Å². The van der Waals surface area contributed by atoms with Gasteiger partial charge in [-0.15, -0.1) is 0 Å². The fourth-order valence-electron chi connectivity index (χ4n) is 2.05. The number of carboxylic acids is 1. The van der Waals surface area contributed by atoms with Crippen molar-refractivity contribution >= 4 is 33.7 Å². The van der Waals surface area contributed by atoms with Crippen molar-refractivity contribution in [1.29, 1.82) is 0 Å². The first-order valence-electron chi connectivity index (χ1n) is 7.04. The minimum absolute atomic E-state index is 0.913. The Morgan fingerprint density at radius 3 is 2.57 bits per heavy atom. The van der Waals surface area contributed by atoms with E-state index in [-0.39, 0.29) is 0 Å². The first-order chi connectivity index (χ1) is 9.93. The van der Waals surface area contributed by atoms with Gasteiger partial charge in [0.15, 0.2) is 0 Å². The van der Waals surface area contributed by atoms with Crippen LogP contribution in [-0.4, -0.2) is 49.7 Å². The molecule has 0 radical (unpaired) electrons. The Morgan fingerprint density at radius 1 is 1.29 bits per heavy atom. The zero-order valence-corrected chi connectivity index (χ0v) is 14.4. The minimum Gasteiger partial charge on any atom is -0.478 e. The lowest BCUT2D eigenvalue weighted by Gasteiger charge is -2.27. The van der Waals surface area contributed by atoms with Crippen LogP contribution in [0.1, 0.15) is 18.9 Å². The van der Waals surface area contributed by atoms with Crippen molar-refractivity contribution < 1.29 is 9.90 Å². The summed E-state index contributed by atoms with van der Waals surface area (Å²) in [6, 6.07) is 5.98. The molecule has 1 aromatic carbocycles. The summed E-state index contributed by atoms with van der Waals surface area (Å²) in [5, 5.41) is 8.83. The zero-order valence-electron chi connectivity index (χ0n) is 12.8. The van der Waals surface area contributed by atoms with E-state index in [2.05, 4.69) is 46.7 Å². The number of carbonyl (C=O) groups is 1. The van der Waals surface area contributed by atoms with E-state index >= 15 is 0 Å². The van der Waals surface area contributed by atoms with E-state index in [0.29, 0.717) is 0 Å². The Kier molecular flexibility index (Phi) is 7.47. The van der Waals surface area contributed by atoms with Crippen LogP contribution in [0.5, 0.6) is 0 Å². The molecule has 0 aliphatic heterocycles. The van der Waals surface area contributed by atoms with Gasteiger partial charge in [0.25, 0.3) is 0 Å². The Hall–Kier alpha value is -1.33. The lowest BCUT2D eigenvalue weighted by molar-refractivity contribution is -0.131. The second kappa shape index (κ2) is 8.85. The molecule has 0 unspecified atom stereocenters. The fourth-order valence-corrected chi connectivity index (χ4v) is 2.43. The minimum atomic E-state index is -0.934. The van der Waals surface area contributed by atoms with Crippen LogP contribution < -0.4 is 4.90 Å². The molecule has 21 heavy (non-hydrogen) atoms. The first kappa shape index (κ1) is 17.7. The predicted molar refractivity (Wildman–Crippen MR) is 91.9 cm³/mol. The number of hydrogen-bond donors (Lipinski definition) is 1. The molecule has 1 aromatic rings. The second-order valence-corrected chi connectivity index (χ2v) is 6.08. The van der Waals surface area contributed by atoms with Gasteiger partial charge in [0.05, 0.1) is 0 Å². The maximum atomic E-state index is 10.8. The lowest BCUT2D eigenvalue weighted by Crippen LogP contribution is -2.32. The molecule has 0 spiro atoms. The van der Waals surface area contributed by atoms with Crippen LogP contribution >= 0.6 is 15.9 Å². The van der Waals surface area contributed by atoms with Gasteiger partial charge in [-0.05, 0) is 50.4 Å². The molecule has 0 aliphatic rings. The summed E-state index contributed by atoms with van der Waals surface area (Å²) in [6.45, 7) is 4.96. The summed E-state index contributed by atoms with van der Waals surface area (Å²) in [6.07, 6.45) is 3.88. The smallest absolute Gasteiger partial charge is 0.328 e. The summed E-state index contributed by atoms with van der Waals surface area (Å²) in [5.74, 6) is -0.934. The zero-order chi connectivity index (χ0) is 15.8. The van der Waals surface area contributed by atoms with Gasteiger partial charge in [0.2, 0.25) is 0 Å². The Balaban J connectivity index is 3.07. The number of carboxylic acid groups (broad SMARTS) is 1. The van der Waals surface area contributed by atoms with Crippen molar-refractivity contribution in [1.82, 2.24) is 4.90 Å². The van der Waals surface area contributed by atoms with Crippen LogP contribution in [0.2, 0.25) is 0 Å². The van der Waals surface area contributed by atoms with Crippen LogP contribution in [0.15, 0.2) is 28.7 Å². The normalized spacial score (nSPS) is 11.3. The Labute approximate surface area is 135 Å². The molecule has 0 amide bonds. The fraction of sp³-hybridized carbons (Fsp3) is 0.438. The largest absolute Gasteiger partial charge is 0.478 e. The highest BCUT2D eigenvalue weighted by atomic mass is 79.9. The number of nitrogens with zero attached hydrogens (tertiary/aromatic N) is 2. The van der Waals surface area contributed by atoms with Gasteiger partial charge in [-0.1, -0.05) is 22.9 Å². The third-order valence-electron chi connectivity index (χ3n) is 3.05. The molecule has 0 aliphatic carbocycles. The van der Waals surface area contributed by atoms with Crippen LogP contribution in [0.25, 0.3) is 6.08 Å². The van der Waals surface area contributed by atoms with Gasteiger partial charge in [-0.2, -0.15) is 0 Å². The highest BCUT2D eigenvalue weighted by Crippen LogP contribution is 2.26. The van der Waals surface area contributed by atoms with E-state index in [0.717, 1.165) is 41.8 Å². The van der Waals surface area contributed by atoms with Gasteiger partial charge in [0, 0.05) is 35.9 Å². The molecule has 1 rings (SSSR count). The van der Waals surface area contributed by atoms with Crippen LogP contribution in [0, 0.1) is 0 Å². The SMILES string of the molecule is CCCN(CCN(C)C)c1ccc(Br)cc1/C=C/C(=O)O. The number of halogens is 1. The molecular weight excluding hydrogens is 332 g/mol. The van der Waals surface area contributed by atoms with Gasteiger partial charge in [-0.25, -0.2) is 4.79 Å². The van der Waals surface area contributed by atoms with Gasteiger partial charge >= 0.3 is 5.97 Å². The second-order valence-electron chi connectivity index (χ2n) is 5.17. The standard InChI is InChI=1S/C16H23BrN2O2/c1-4-9-19(11-10-18(2)3)15-7-6-14(17)12-13(15)5-8-16(20)21/h5-8,12H,4,9-11H2,1-3H3,(H,20,21)/b8-5+. The molecule has 1 N–H and O–H groups in total. The van der Waals surface area contributed by atoms with E-state index in [1.165, 1.54) is 6.08 Å². The first-order valence-corrected chi connectivity index (χ1v) is 7.83. The molecule has 0 aromatic heterocycles. The van der Waals surface area contributed by atoms with Gasteiger partial charge in [-0.3, -0.25) is 0 Å². The number of aliphatic carboxylic acids is 1. The summed E-state index contributed by atoms with van der Waals surface area (Å²) < 4.78 is 0.945. The molecule has 0 saturated heterocycles. The molecule has 0 bridgehead atoms. The van der Waals surface area contributed by atoms with Crippen LogP contribution in [-0.2, 0) is 4.79 Å². The van der Waals surface area contributed by atoms with Crippen LogP contribution in [0.3, 0.4) is 0 Å². The predicted octanol–water partition coefficient (Wildman–Crippen LogP) is 3.32. The summed E-state index contributed by atoms with van der Waals surface area (Å²) in [7, 11) is 4.11. The van der Waals surface area contributed by atoms with E-state index in [1.807, 2.05) is 18.2 Å². The van der Waals surface area contributed by atoms with Gasteiger partial charge < -0.3 is 14.9 Å². The number of hydrogen-bond acceptors (Lipinski definition) is 3. The summed E-state index contributed by atoms with van der Waals surface area (Å²) in [5.41, 5.74) is 1.98. The molecule has 116 valence electrons. The number of anilines is 1. The van der Waals surface area contributed by atoms with Crippen molar-refractivity contribution in [2.24, 2.45) is 0 Å². The number of benzene rings is 1. The van der Waals surface area contributed by atoms with Crippen molar-refractivity contribution in [3.8, 4) is 0 Å². The van der Waals surface area contributed by atoms with E-state index in [4.69, 9.17) is 5.11 Å². The molecular formula is C16H23BrN2O2. The van der Waals surface area contributed by atoms with Gasteiger partial charge in [0.1, 0.15) is 0 Å². The Morgan fingerprint density at radius 2 is 2.00 bits per heavy atom. The third-order valence-corrected chi connectivity index (χ3v) is 3.54. The quantitative estimate of drug-likeness (QED) is 0.727. The molecule has 5 heteroatoms. The molecule has 0 heterocycles. The highest BCUT2D eigenvalue weighted by Gasteiger charge is 2.10. The lowest BCUT2D eigenvalue weighted by atomic mass is 10.1. The third kappa shape index (κ3) is 6.31. The van der Waals surface area contributed by atoms with Crippen LogP contribution in [0.4, 0.5) is 5.69 Å². The molecule has 0 atom stereocenters.